The quantitative estimate of drug-likeness (QED) is 0.284. The molecule has 0 fully saturated rings. The first kappa shape index (κ1) is 19.3. The summed E-state index contributed by atoms with van der Waals surface area (Å²) in [6.45, 7) is 3.91. The van der Waals surface area contributed by atoms with E-state index in [0.717, 1.165) is 3.57 Å². The SMILES string of the molecule is C=CCOc1c(Cl)cc(/C=N\NC(=O)c2ccc(I)cc2)cc1OC. The molecule has 5 nitrogen and oxygen atoms in total. The molecular formula is C18H16ClIN2O3. The van der Waals surface area contributed by atoms with Gasteiger partial charge in [-0.05, 0) is 64.6 Å². The Kier molecular flexibility index (Phi) is 7.27. The second kappa shape index (κ2) is 9.43. The first-order chi connectivity index (χ1) is 12.0. The van der Waals surface area contributed by atoms with Gasteiger partial charge in [0.25, 0.3) is 5.91 Å². The van der Waals surface area contributed by atoms with Crippen molar-refractivity contribution in [3.63, 3.8) is 0 Å². The van der Waals surface area contributed by atoms with Gasteiger partial charge in [0.2, 0.25) is 0 Å². The van der Waals surface area contributed by atoms with Gasteiger partial charge in [0, 0.05) is 9.13 Å². The molecule has 0 saturated carbocycles. The summed E-state index contributed by atoms with van der Waals surface area (Å²) >= 11 is 8.39. The smallest absolute Gasteiger partial charge is 0.271 e. The molecule has 0 aliphatic rings. The Bertz CT molecular complexity index is 792. The summed E-state index contributed by atoms with van der Waals surface area (Å²) in [5, 5.41) is 4.33. The normalized spacial score (nSPS) is 10.5. The van der Waals surface area contributed by atoms with E-state index in [1.54, 1.807) is 30.3 Å². The summed E-state index contributed by atoms with van der Waals surface area (Å²) in [6.07, 6.45) is 3.10. The van der Waals surface area contributed by atoms with Crippen molar-refractivity contribution in [1.82, 2.24) is 5.43 Å². The zero-order chi connectivity index (χ0) is 18.2. The van der Waals surface area contributed by atoms with E-state index in [4.69, 9.17) is 21.1 Å². The van der Waals surface area contributed by atoms with Gasteiger partial charge >= 0.3 is 0 Å². The zero-order valence-electron chi connectivity index (χ0n) is 13.5. The van der Waals surface area contributed by atoms with E-state index in [1.165, 1.54) is 13.3 Å². The van der Waals surface area contributed by atoms with Crippen molar-refractivity contribution in [1.29, 1.82) is 0 Å². The number of benzene rings is 2. The lowest BCUT2D eigenvalue weighted by Crippen LogP contribution is -2.17. The Labute approximate surface area is 164 Å². The van der Waals surface area contributed by atoms with Gasteiger partial charge in [-0.3, -0.25) is 4.79 Å². The molecular weight excluding hydrogens is 455 g/mol. The Hall–Kier alpha value is -2.06. The van der Waals surface area contributed by atoms with Crippen LogP contribution in [0.3, 0.4) is 0 Å². The van der Waals surface area contributed by atoms with Crippen LogP contribution in [-0.4, -0.2) is 25.8 Å². The molecule has 1 N–H and O–H groups in total. The number of amides is 1. The molecule has 0 aromatic heterocycles. The van der Waals surface area contributed by atoms with E-state index in [0.29, 0.717) is 34.3 Å². The summed E-state index contributed by atoms with van der Waals surface area (Å²) in [6, 6.07) is 10.6. The van der Waals surface area contributed by atoms with Gasteiger partial charge < -0.3 is 9.47 Å². The van der Waals surface area contributed by atoms with Crippen LogP contribution in [0.2, 0.25) is 5.02 Å². The lowest BCUT2D eigenvalue weighted by Gasteiger charge is -2.11. The number of carbonyl (C=O) groups excluding carboxylic acids is 1. The number of nitrogens with one attached hydrogen (secondary N) is 1. The van der Waals surface area contributed by atoms with Gasteiger partial charge in [-0.2, -0.15) is 5.10 Å². The second-order valence-corrected chi connectivity index (χ2v) is 6.49. The number of rotatable bonds is 7. The third-order valence-electron chi connectivity index (χ3n) is 3.08. The lowest BCUT2D eigenvalue weighted by atomic mass is 10.2. The highest BCUT2D eigenvalue weighted by molar-refractivity contribution is 14.1. The Morgan fingerprint density at radius 1 is 1.36 bits per heavy atom. The molecule has 1 amide bonds. The number of halogens is 2. The van der Waals surface area contributed by atoms with Crippen molar-refractivity contribution in [2.45, 2.75) is 0 Å². The summed E-state index contributed by atoms with van der Waals surface area (Å²) in [5.74, 6) is 0.612. The van der Waals surface area contributed by atoms with Gasteiger partial charge in [0.15, 0.2) is 11.5 Å². The maximum Gasteiger partial charge on any atom is 0.271 e. The second-order valence-electron chi connectivity index (χ2n) is 4.84. The standard InChI is InChI=1S/C18H16ClIN2O3/c1-3-8-25-17-15(19)9-12(10-16(17)24-2)11-21-22-18(23)13-4-6-14(20)7-5-13/h3-7,9-11H,1,8H2,2H3,(H,22,23)/b21-11-. The molecule has 0 spiro atoms. The Balaban J connectivity index is 2.09. The largest absolute Gasteiger partial charge is 0.493 e. The molecule has 0 aliphatic carbocycles. The number of hydrogen-bond donors (Lipinski definition) is 1. The zero-order valence-corrected chi connectivity index (χ0v) is 16.4. The number of hydrazone groups is 1. The minimum absolute atomic E-state index is 0.295. The number of carbonyl (C=O) groups is 1. The molecule has 2 aromatic carbocycles. The Morgan fingerprint density at radius 3 is 2.72 bits per heavy atom. The molecule has 130 valence electrons. The maximum atomic E-state index is 12.0. The van der Waals surface area contributed by atoms with Gasteiger partial charge in [0.1, 0.15) is 6.61 Å². The van der Waals surface area contributed by atoms with E-state index in [1.807, 2.05) is 12.1 Å². The molecule has 25 heavy (non-hydrogen) atoms. The lowest BCUT2D eigenvalue weighted by molar-refractivity contribution is 0.0955. The predicted molar refractivity (Wildman–Crippen MR) is 108 cm³/mol. The maximum absolute atomic E-state index is 12.0. The van der Waals surface area contributed by atoms with Crippen LogP contribution in [-0.2, 0) is 0 Å². The molecule has 2 rings (SSSR count). The molecule has 0 radical (unpaired) electrons. The molecule has 0 unspecified atom stereocenters. The van der Waals surface area contributed by atoms with Crippen LogP contribution in [0.25, 0.3) is 0 Å². The highest BCUT2D eigenvalue weighted by Crippen LogP contribution is 2.36. The van der Waals surface area contributed by atoms with Gasteiger partial charge in [-0.25, -0.2) is 5.43 Å². The van der Waals surface area contributed by atoms with Crippen LogP contribution in [0.1, 0.15) is 15.9 Å². The molecule has 7 heteroatoms. The van der Waals surface area contributed by atoms with Crippen LogP contribution in [0.15, 0.2) is 54.2 Å². The number of nitrogens with zero attached hydrogens (tertiary/aromatic N) is 1. The third kappa shape index (κ3) is 5.47. The highest BCUT2D eigenvalue weighted by atomic mass is 127. The van der Waals surface area contributed by atoms with Gasteiger partial charge in [0.05, 0.1) is 18.3 Å². The molecule has 0 heterocycles. The highest BCUT2D eigenvalue weighted by Gasteiger charge is 2.11. The van der Waals surface area contributed by atoms with E-state index >= 15 is 0 Å². The van der Waals surface area contributed by atoms with E-state index < -0.39 is 0 Å². The van der Waals surface area contributed by atoms with Crippen molar-refractivity contribution in [3.8, 4) is 11.5 Å². The third-order valence-corrected chi connectivity index (χ3v) is 4.08. The fourth-order valence-corrected chi connectivity index (χ4v) is 2.56. The van der Waals surface area contributed by atoms with Crippen LogP contribution in [0, 0.1) is 3.57 Å². The van der Waals surface area contributed by atoms with E-state index in [2.05, 4.69) is 39.7 Å². The van der Waals surface area contributed by atoms with Crippen molar-refractivity contribution < 1.29 is 14.3 Å². The van der Waals surface area contributed by atoms with Crippen molar-refractivity contribution in [2.75, 3.05) is 13.7 Å². The molecule has 2 aromatic rings. The molecule has 0 atom stereocenters. The van der Waals surface area contributed by atoms with Crippen molar-refractivity contribution >= 4 is 46.3 Å². The summed E-state index contributed by atoms with van der Waals surface area (Å²) in [5.41, 5.74) is 3.66. The summed E-state index contributed by atoms with van der Waals surface area (Å²) in [4.78, 5) is 12.0. The molecule has 0 aliphatic heterocycles. The minimum Gasteiger partial charge on any atom is -0.493 e. The average Bonchev–Trinajstić information content (AvgIpc) is 2.61. The first-order valence-electron chi connectivity index (χ1n) is 7.25. The fourth-order valence-electron chi connectivity index (χ4n) is 1.93. The first-order valence-corrected chi connectivity index (χ1v) is 8.71. The molecule has 0 saturated heterocycles. The topological polar surface area (TPSA) is 59.9 Å². The van der Waals surface area contributed by atoms with Crippen LogP contribution in [0.4, 0.5) is 0 Å². The number of ether oxygens (including phenoxy) is 2. The number of hydrogen-bond acceptors (Lipinski definition) is 4. The number of methoxy groups -OCH3 is 1. The monoisotopic (exact) mass is 470 g/mol. The summed E-state index contributed by atoms with van der Waals surface area (Å²) < 4.78 is 11.8. The van der Waals surface area contributed by atoms with Crippen LogP contribution in [0.5, 0.6) is 11.5 Å². The average molecular weight is 471 g/mol. The summed E-state index contributed by atoms with van der Waals surface area (Å²) in [7, 11) is 1.52. The van der Waals surface area contributed by atoms with Gasteiger partial charge in [-0.15, -0.1) is 0 Å². The molecule has 0 bridgehead atoms. The Morgan fingerprint density at radius 2 is 2.08 bits per heavy atom. The fraction of sp³-hybridized carbons (Fsp3) is 0.111. The minimum atomic E-state index is -0.295. The van der Waals surface area contributed by atoms with E-state index in [9.17, 15) is 4.79 Å². The van der Waals surface area contributed by atoms with E-state index in [-0.39, 0.29) is 5.91 Å². The van der Waals surface area contributed by atoms with Crippen LogP contribution >= 0.6 is 34.2 Å². The van der Waals surface area contributed by atoms with Crippen molar-refractivity contribution in [2.24, 2.45) is 5.10 Å². The van der Waals surface area contributed by atoms with Gasteiger partial charge in [-0.1, -0.05) is 24.3 Å². The van der Waals surface area contributed by atoms with Crippen LogP contribution < -0.4 is 14.9 Å². The predicted octanol–water partition coefficient (Wildman–Crippen LogP) is 4.28. The van der Waals surface area contributed by atoms with Crippen molar-refractivity contribution in [3.05, 3.63) is 68.8 Å².